The molecule has 11 nitrogen and oxygen atoms in total. The molecule has 0 spiro atoms. The van der Waals surface area contributed by atoms with Crippen molar-refractivity contribution in [3.8, 4) is 0 Å². The standard InChI is InChI=1S/C24H25N7O4S/c1-17-2-7-20(25-16-17)26-21-8-9-22(28-27-21)29-12-14-30(15-13-29)36(34,35)19-5-3-18(4-6-19)31-23(32)10-11-24(31)33/h2-9,16H,10-15H2,1H3,(H,25,26,27). The maximum atomic E-state index is 13.1. The maximum absolute atomic E-state index is 13.1. The first-order chi connectivity index (χ1) is 17.3. The van der Waals surface area contributed by atoms with Gasteiger partial charge in [-0.3, -0.25) is 14.5 Å². The van der Waals surface area contributed by atoms with Crippen LogP contribution in [0.4, 0.5) is 23.1 Å². The van der Waals surface area contributed by atoms with Crippen molar-refractivity contribution in [3.05, 3.63) is 60.3 Å². The van der Waals surface area contributed by atoms with E-state index >= 15 is 0 Å². The van der Waals surface area contributed by atoms with Gasteiger partial charge in [0.25, 0.3) is 0 Å². The van der Waals surface area contributed by atoms with E-state index in [9.17, 15) is 18.0 Å². The number of anilines is 4. The van der Waals surface area contributed by atoms with E-state index in [2.05, 4.69) is 20.5 Å². The van der Waals surface area contributed by atoms with Gasteiger partial charge in [0.05, 0.1) is 10.6 Å². The summed E-state index contributed by atoms with van der Waals surface area (Å²) in [7, 11) is -3.71. The molecular formula is C24H25N7O4S. The molecule has 0 aliphatic carbocycles. The van der Waals surface area contributed by atoms with Gasteiger partial charge in [-0.2, -0.15) is 4.31 Å². The summed E-state index contributed by atoms with van der Waals surface area (Å²) >= 11 is 0. The number of benzene rings is 1. The quantitative estimate of drug-likeness (QED) is 0.499. The molecule has 0 unspecified atom stereocenters. The van der Waals surface area contributed by atoms with Gasteiger partial charge in [0.1, 0.15) is 5.82 Å². The normalized spacial score (nSPS) is 17.0. The fourth-order valence-corrected chi connectivity index (χ4v) is 5.59. The van der Waals surface area contributed by atoms with Crippen LogP contribution in [0.25, 0.3) is 0 Å². The number of nitrogens with zero attached hydrogens (tertiary/aromatic N) is 6. The highest BCUT2D eigenvalue weighted by atomic mass is 32.2. The lowest BCUT2D eigenvalue weighted by Crippen LogP contribution is -2.49. The van der Waals surface area contributed by atoms with E-state index in [1.165, 1.54) is 28.6 Å². The molecule has 186 valence electrons. The average molecular weight is 508 g/mol. The van der Waals surface area contributed by atoms with Crippen molar-refractivity contribution in [2.75, 3.05) is 41.3 Å². The highest BCUT2D eigenvalue weighted by Gasteiger charge is 2.32. The van der Waals surface area contributed by atoms with Crippen molar-refractivity contribution in [2.45, 2.75) is 24.7 Å². The first kappa shape index (κ1) is 23.8. The molecule has 36 heavy (non-hydrogen) atoms. The first-order valence-corrected chi connectivity index (χ1v) is 13.0. The zero-order valence-electron chi connectivity index (χ0n) is 19.7. The Kier molecular flexibility index (Phi) is 6.37. The Bertz CT molecular complexity index is 1350. The fraction of sp³-hybridized carbons (Fsp3) is 0.292. The molecule has 0 atom stereocenters. The molecule has 3 aromatic rings. The number of hydrogen-bond acceptors (Lipinski definition) is 9. The van der Waals surface area contributed by atoms with Crippen LogP contribution in [-0.4, -0.2) is 65.9 Å². The Morgan fingerprint density at radius 1 is 0.806 bits per heavy atom. The minimum atomic E-state index is -3.71. The molecule has 0 saturated carbocycles. The van der Waals surface area contributed by atoms with Crippen molar-refractivity contribution in [2.24, 2.45) is 0 Å². The van der Waals surface area contributed by atoms with Crippen molar-refractivity contribution in [3.63, 3.8) is 0 Å². The molecule has 4 heterocycles. The van der Waals surface area contributed by atoms with E-state index in [1.807, 2.05) is 36.1 Å². The molecule has 2 amide bonds. The Balaban J connectivity index is 1.20. The smallest absolute Gasteiger partial charge is 0.243 e. The molecule has 2 aliphatic heterocycles. The van der Waals surface area contributed by atoms with Gasteiger partial charge >= 0.3 is 0 Å². The average Bonchev–Trinajstić information content (AvgIpc) is 3.23. The summed E-state index contributed by atoms with van der Waals surface area (Å²) in [6.07, 6.45) is 2.12. The second-order valence-electron chi connectivity index (χ2n) is 8.63. The van der Waals surface area contributed by atoms with Crippen LogP contribution in [0.1, 0.15) is 18.4 Å². The number of aryl methyl sites for hydroxylation is 1. The topological polar surface area (TPSA) is 129 Å². The van der Waals surface area contributed by atoms with E-state index in [0.29, 0.717) is 49.3 Å². The third-order valence-electron chi connectivity index (χ3n) is 6.16. The van der Waals surface area contributed by atoms with Crippen molar-refractivity contribution in [1.29, 1.82) is 0 Å². The zero-order chi connectivity index (χ0) is 25.3. The Morgan fingerprint density at radius 3 is 2.06 bits per heavy atom. The van der Waals surface area contributed by atoms with Crippen LogP contribution in [0, 0.1) is 6.92 Å². The summed E-state index contributed by atoms with van der Waals surface area (Å²) in [6.45, 7) is 3.49. The van der Waals surface area contributed by atoms with Crippen LogP contribution in [0.5, 0.6) is 0 Å². The largest absolute Gasteiger partial charge is 0.352 e. The van der Waals surface area contributed by atoms with Gasteiger partial charge in [0.15, 0.2) is 11.6 Å². The number of rotatable bonds is 6. The highest BCUT2D eigenvalue weighted by Crippen LogP contribution is 2.26. The Morgan fingerprint density at radius 2 is 1.47 bits per heavy atom. The summed E-state index contributed by atoms with van der Waals surface area (Å²) in [5.41, 5.74) is 1.45. The number of aromatic nitrogens is 3. The van der Waals surface area contributed by atoms with E-state index in [4.69, 9.17) is 0 Å². The molecule has 2 saturated heterocycles. The third kappa shape index (κ3) is 4.77. The molecule has 2 aromatic heterocycles. The van der Waals surface area contributed by atoms with Crippen LogP contribution in [-0.2, 0) is 19.6 Å². The first-order valence-electron chi connectivity index (χ1n) is 11.6. The summed E-state index contributed by atoms with van der Waals surface area (Å²) in [5, 5.41) is 11.6. The van der Waals surface area contributed by atoms with E-state index in [0.717, 1.165) is 10.5 Å². The SMILES string of the molecule is Cc1ccc(Nc2ccc(N3CCN(S(=O)(=O)c4ccc(N5C(=O)CCC5=O)cc4)CC3)nn2)nc1. The van der Waals surface area contributed by atoms with Crippen molar-refractivity contribution >= 4 is 45.0 Å². The molecular weight excluding hydrogens is 482 g/mol. The summed E-state index contributed by atoms with van der Waals surface area (Å²) in [4.78, 5) is 31.4. The van der Waals surface area contributed by atoms with Gasteiger partial charge in [-0.15, -0.1) is 10.2 Å². The third-order valence-corrected chi connectivity index (χ3v) is 8.08. The summed E-state index contributed by atoms with van der Waals surface area (Å²) in [5.74, 6) is 1.36. The second kappa shape index (κ2) is 9.63. The number of pyridine rings is 1. The van der Waals surface area contributed by atoms with E-state index < -0.39 is 10.0 Å². The van der Waals surface area contributed by atoms with Crippen LogP contribution in [0.2, 0.25) is 0 Å². The number of nitrogens with one attached hydrogen (secondary N) is 1. The molecule has 0 radical (unpaired) electrons. The van der Waals surface area contributed by atoms with Gasteiger partial charge in [0, 0.05) is 45.2 Å². The minimum absolute atomic E-state index is 0.124. The molecule has 12 heteroatoms. The summed E-state index contributed by atoms with van der Waals surface area (Å²) in [6, 6.07) is 13.4. The van der Waals surface area contributed by atoms with Crippen molar-refractivity contribution in [1.82, 2.24) is 19.5 Å². The molecule has 2 aliphatic rings. The molecule has 5 rings (SSSR count). The lowest BCUT2D eigenvalue weighted by atomic mass is 10.3. The molecule has 0 bridgehead atoms. The number of carbonyl (C=O) groups is 2. The predicted molar refractivity (Wildman–Crippen MR) is 133 cm³/mol. The predicted octanol–water partition coefficient (Wildman–Crippen LogP) is 2.09. The van der Waals surface area contributed by atoms with E-state index in [-0.39, 0.29) is 29.6 Å². The van der Waals surface area contributed by atoms with Gasteiger partial charge < -0.3 is 10.2 Å². The molecule has 2 fully saturated rings. The van der Waals surface area contributed by atoms with Crippen molar-refractivity contribution < 1.29 is 18.0 Å². The number of piperazine rings is 1. The lowest BCUT2D eigenvalue weighted by molar-refractivity contribution is -0.121. The van der Waals surface area contributed by atoms with Crippen LogP contribution >= 0.6 is 0 Å². The van der Waals surface area contributed by atoms with Crippen LogP contribution < -0.4 is 15.1 Å². The Labute approximate surface area is 208 Å². The second-order valence-corrected chi connectivity index (χ2v) is 10.6. The number of amides is 2. The zero-order valence-corrected chi connectivity index (χ0v) is 20.5. The lowest BCUT2D eigenvalue weighted by Gasteiger charge is -2.34. The number of imide groups is 1. The molecule has 1 N–H and O–H groups in total. The minimum Gasteiger partial charge on any atom is -0.352 e. The van der Waals surface area contributed by atoms with Crippen LogP contribution in [0.3, 0.4) is 0 Å². The monoisotopic (exact) mass is 507 g/mol. The van der Waals surface area contributed by atoms with Gasteiger partial charge in [0.2, 0.25) is 21.8 Å². The summed E-state index contributed by atoms with van der Waals surface area (Å²) < 4.78 is 27.7. The Hall–Kier alpha value is -3.90. The van der Waals surface area contributed by atoms with E-state index in [1.54, 1.807) is 6.20 Å². The fourth-order valence-electron chi connectivity index (χ4n) is 4.17. The maximum Gasteiger partial charge on any atom is 0.243 e. The van der Waals surface area contributed by atoms with Gasteiger partial charge in [-0.25, -0.2) is 13.4 Å². The molecule has 1 aromatic carbocycles. The number of hydrogen-bond donors (Lipinski definition) is 1. The van der Waals surface area contributed by atoms with Gasteiger partial charge in [-0.05, 0) is 55.0 Å². The highest BCUT2D eigenvalue weighted by molar-refractivity contribution is 7.89. The van der Waals surface area contributed by atoms with Gasteiger partial charge in [-0.1, -0.05) is 6.07 Å². The number of sulfonamides is 1. The number of carbonyl (C=O) groups excluding carboxylic acids is 2. The van der Waals surface area contributed by atoms with Crippen LogP contribution in [0.15, 0.2) is 59.6 Å².